The standard InChI is InChI=1S/C28H44O8/c1-2-3-4-5-6-7-8-9-10-11-12-13-14-15-16-17-25(31)35-22-20-33-28-23(21-34-27(22)28)36-26(32)19-18-24(29)30/h9-10,18-19,22-23,27-28H,2-8,11-17,20-21H2,1H3,(H,29,30)/b10-9-,19-18+/t22-,23+,27+,28+/m0/s1. The number of unbranched alkanes of at least 4 members (excludes halogenated alkanes) is 11. The summed E-state index contributed by atoms with van der Waals surface area (Å²) in [4.78, 5) is 34.4. The van der Waals surface area contributed by atoms with Gasteiger partial charge in [-0.1, -0.05) is 70.4 Å². The number of carboxylic acids is 1. The van der Waals surface area contributed by atoms with Crippen LogP contribution in [0.25, 0.3) is 0 Å². The molecule has 204 valence electrons. The molecule has 0 amide bonds. The molecular weight excluding hydrogens is 464 g/mol. The van der Waals surface area contributed by atoms with E-state index in [1.54, 1.807) is 0 Å². The van der Waals surface area contributed by atoms with Crippen molar-refractivity contribution in [3.05, 3.63) is 24.3 Å². The number of carboxylic acid groups (broad SMARTS) is 1. The fraction of sp³-hybridized carbons (Fsp3) is 0.750. The van der Waals surface area contributed by atoms with Crippen LogP contribution in [0.1, 0.15) is 96.8 Å². The number of fused-ring (bicyclic) bond motifs is 1. The van der Waals surface area contributed by atoms with Crippen LogP contribution in [0.5, 0.6) is 0 Å². The van der Waals surface area contributed by atoms with Crippen LogP contribution in [0.3, 0.4) is 0 Å². The van der Waals surface area contributed by atoms with Crippen LogP contribution >= 0.6 is 0 Å². The topological polar surface area (TPSA) is 108 Å². The van der Waals surface area contributed by atoms with Crippen molar-refractivity contribution < 1.29 is 38.4 Å². The van der Waals surface area contributed by atoms with Gasteiger partial charge in [0.2, 0.25) is 0 Å². The molecular formula is C28H44O8. The summed E-state index contributed by atoms with van der Waals surface area (Å²) in [5, 5.41) is 8.58. The Morgan fingerprint density at radius 1 is 0.750 bits per heavy atom. The molecule has 36 heavy (non-hydrogen) atoms. The molecule has 2 fully saturated rings. The van der Waals surface area contributed by atoms with Crippen molar-refractivity contribution in [2.45, 2.75) is 121 Å². The van der Waals surface area contributed by atoms with E-state index in [2.05, 4.69) is 19.1 Å². The first-order valence-electron chi connectivity index (χ1n) is 13.7. The van der Waals surface area contributed by atoms with Crippen LogP contribution in [0, 0.1) is 0 Å². The summed E-state index contributed by atoms with van der Waals surface area (Å²) in [6, 6.07) is 0. The zero-order valence-corrected chi connectivity index (χ0v) is 21.7. The molecule has 1 N–H and O–H groups in total. The summed E-state index contributed by atoms with van der Waals surface area (Å²) in [7, 11) is 0. The molecule has 0 aromatic heterocycles. The van der Waals surface area contributed by atoms with Gasteiger partial charge >= 0.3 is 17.9 Å². The maximum atomic E-state index is 12.2. The number of carbonyl (C=O) groups is 3. The van der Waals surface area contributed by atoms with Gasteiger partial charge in [0.05, 0.1) is 13.2 Å². The molecule has 0 radical (unpaired) electrons. The lowest BCUT2D eigenvalue weighted by Gasteiger charge is -2.17. The molecule has 0 aliphatic carbocycles. The second kappa shape index (κ2) is 18.1. The summed E-state index contributed by atoms with van der Waals surface area (Å²) in [5.74, 6) is -2.28. The maximum Gasteiger partial charge on any atom is 0.331 e. The van der Waals surface area contributed by atoms with E-state index < -0.39 is 36.4 Å². The first-order chi connectivity index (χ1) is 17.5. The molecule has 2 rings (SSSR count). The summed E-state index contributed by atoms with van der Waals surface area (Å²) in [6.07, 6.45) is 20.0. The average Bonchev–Trinajstić information content (AvgIpc) is 3.43. The highest BCUT2D eigenvalue weighted by Gasteiger charge is 2.51. The van der Waals surface area contributed by atoms with Crippen LogP contribution in [0.2, 0.25) is 0 Å². The molecule has 2 aliphatic heterocycles. The highest BCUT2D eigenvalue weighted by atomic mass is 16.7. The molecule has 2 saturated heterocycles. The normalized spacial score (nSPS) is 23.4. The Hall–Kier alpha value is -2.19. The number of hydrogen-bond acceptors (Lipinski definition) is 7. The number of carbonyl (C=O) groups excluding carboxylic acids is 2. The van der Waals surface area contributed by atoms with E-state index in [1.807, 2.05) is 0 Å². The molecule has 0 aromatic carbocycles. The highest BCUT2D eigenvalue weighted by molar-refractivity contribution is 5.90. The van der Waals surface area contributed by atoms with E-state index in [4.69, 9.17) is 24.1 Å². The number of hydrogen-bond donors (Lipinski definition) is 1. The fourth-order valence-corrected chi connectivity index (χ4v) is 4.53. The quantitative estimate of drug-likeness (QED) is 0.109. The largest absolute Gasteiger partial charge is 0.478 e. The number of allylic oxidation sites excluding steroid dienone is 2. The summed E-state index contributed by atoms with van der Waals surface area (Å²) in [5.41, 5.74) is 0. The minimum absolute atomic E-state index is 0.115. The van der Waals surface area contributed by atoms with Crippen molar-refractivity contribution in [1.82, 2.24) is 0 Å². The van der Waals surface area contributed by atoms with Crippen LogP contribution in [-0.2, 0) is 33.3 Å². The van der Waals surface area contributed by atoms with Gasteiger partial charge in [0.1, 0.15) is 12.2 Å². The van der Waals surface area contributed by atoms with Gasteiger partial charge in [-0.25, -0.2) is 9.59 Å². The smallest absolute Gasteiger partial charge is 0.331 e. The van der Waals surface area contributed by atoms with E-state index in [1.165, 1.54) is 57.8 Å². The van der Waals surface area contributed by atoms with E-state index >= 15 is 0 Å². The van der Waals surface area contributed by atoms with E-state index in [9.17, 15) is 14.4 Å². The van der Waals surface area contributed by atoms with E-state index in [0.29, 0.717) is 12.5 Å². The predicted molar refractivity (Wildman–Crippen MR) is 135 cm³/mol. The average molecular weight is 509 g/mol. The van der Waals surface area contributed by atoms with Crippen LogP contribution in [0.4, 0.5) is 0 Å². The number of rotatable bonds is 19. The molecule has 2 aliphatic rings. The van der Waals surface area contributed by atoms with Crippen molar-refractivity contribution in [2.24, 2.45) is 0 Å². The predicted octanol–water partition coefficient (Wildman–Crippen LogP) is 5.29. The lowest BCUT2D eigenvalue weighted by atomic mass is 10.1. The van der Waals surface area contributed by atoms with Crippen LogP contribution < -0.4 is 0 Å². The number of esters is 2. The molecule has 8 heteroatoms. The highest BCUT2D eigenvalue weighted by Crippen LogP contribution is 2.31. The van der Waals surface area contributed by atoms with Crippen molar-refractivity contribution in [3.8, 4) is 0 Å². The van der Waals surface area contributed by atoms with Gasteiger partial charge in [-0.15, -0.1) is 0 Å². The summed E-state index contributed by atoms with van der Waals surface area (Å²) in [6.45, 7) is 2.55. The SMILES string of the molecule is CCCCCCCC/C=C\CCCCCCCC(=O)O[C@H]1CO[C@H]2[C@@H]1OC[C@H]2OC(=O)/C=C/C(=O)O. The molecule has 4 atom stereocenters. The van der Waals surface area contributed by atoms with Gasteiger partial charge in [0.25, 0.3) is 0 Å². The lowest BCUT2D eigenvalue weighted by Crippen LogP contribution is -2.35. The van der Waals surface area contributed by atoms with Crippen LogP contribution in [-0.4, -0.2) is 60.6 Å². The molecule has 0 spiro atoms. The van der Waals surface area contributed by atoms with Crippen molar-refractivity contribution >= 4 is 17.9 Å². The number of ether oxygens (including phenoxy) is 4. The Balaban J connectivity index is 1.47. The molecule has 8 nitrogen and oxygen atoms in total. The second-order valence-electron chi connectivity index (χ2n) is 9.61. The minimum atomic E-state index is -1.23. The van der Waals surface area contributed by atoms with Crippen molar-refractivity contribution in [2.75, 3.05) is 13.2 Å². The zero-order valence-electron chi connectivity index (χ0n) is 21.7. The first-order valence-corrected chi connectivity index (χ1v) is 13.7. The third-order valence-corrected chi connectivity index (χ3v) is 6.52. The zero-order chi connectivity index (χ0) is 26.0. The van der Waals surface area contributed by atoms with Crippen LogP contribution in [0.15, 0.2) is 24.3 Å². The minimum Gasteiger partial charge on any atom is -0.478 e. The molecule has 2 heterocycles. The lowest BCUT2D eigenvalue weighted by molar-refractivity contribution is -0.154. The summed E-state index contributed by atoms with van der Waals surface area (Å²) < 4.78 is 22.0. The molecule has 0 aromatic rings. The van der Waals surface area contributed by atoms with Crippen molar-refractivity contribution in [3.63, 3.8) is 0 Å². The third-order valence-electron chi connectivity index (χ3n) is 6.52. The van der Waals surface area contributed by atoms with Gasteiger partial charge in [0, 0.05) is 18.6 Å². The number of aliphatic carboxylic acids is 1. The Labute approximate surface area is 215 Å². The molecule has 0 bridgehead atoms. The first kappa shape index (κ1) is 30.0. The summed E-state index contributed by atoms with van der Waals surface area (Å²) >= 11 is 0. The Bertz CT molecular complexity index is 716. The monoisotopic (exact) mass is 508 g/mol. The Morgan fingerprint density at radius 3 is 1.86 bits per heavy atom. The fourth-order valence-electron chi connectivity index (χ4n) is 4.53. The Kier molecular flexibility index (Phi) is 15.1. The van der Waals surface area contributed by atoms with Gasteiger partial charge in [0.15, 0.2) is 12.2 Å². The molecule has 0 unspecified atom stereocenters. The maximum absolute atomic E-state index is 12.2. The Morgan fingerprint density at radius 2 is 1.28 bits per heavy atom. The van der Waals surface area contributed by atoms with Gasteiger partial charge in [-0.05, 0) is 32.1 Å². The van der Waals surface area contributed by atoms with Gasteiger partial charge < -0.3 is 24.1 Å². The second-order valence-corrected chi connectivity index (χ2v) is 9.61. The van der Waals surface area contributed by atoms with E-state index in [0.717, 1.165) is 31.8 Å². The van der Waals surface area contributed by atoms with Gasteiger partial charge in [-0.3, -0.25) is 4.79 Å². The van der Waals surface area contributed by atoms with Crippen molar-refractivity contribution in [1.29, 1.82) is 0 Å². The third kappa shape index (κ3) is 12.2. The van der Waals surface area contributed by atoms with E-state index in [-0.39, 0.29) is 19.2 Å². The van der Waals surface area contributed by atoms with Gasteiger partial charge in [-0.2, -0.15) is 0 Å². The molecule has 0 saturated carbocycles.